The number of carbonyl (C=O) groups excluding carboxylic acids is 1. The molecule has 1 N–H and O–H groups in total. The van der Waals surface area contributed by atoms with Crippen LogP contribution >= 0.6 is 23.2 Å². The smallest absolute Gasteiger partial charge is 0.327 e. The Morgan fingerprint density at radius 3 is 2.53 bits per heavy atom. The van der Waals surface area contributed by atoms with Crippen molar-refractivity contribution in [1.29, 1.82) is 0 Å². The number of pyridine rings is 1. The van der Waals surface area contributed by atoms with Crippen molar-refractivity contribution in [3.63, 3.8) is 0 Å². The molecule has 0 radical (unpaired) electrons. The molecule has 2 fully saturated rings. The van der Waals surface area contributed by atoms with Crippen LogP contribution in [0.15, 0.2) is 48.9 Å². The van der Waals surface area contributed by atoms with Crippen molar-refractivity contribution in [2.45, 2.75) is 44.3 Å². The molecule has 2 atom stereocenters. The van der Waals surface area contributed by atoms with E-state index in [1.165, 1.54) is 7.11 Å². The number of anilines is 1. The first-order chi connectivity index (χ1) is 18.5. The monoisotopic (exact) mass is 556 g/mol. The molecule has 38 heavy (non-hydrogen) atoms. The number of carbonyl (C=O) groups is 1. The fourth-order valence-electron chi connectivity index (χ4n) is 5.85. The summed E-state index contributed by atoms with van der Waals surface area (Å²) in [5.74, 6) is 1.37. The Balaban J connectivity index is 1.23. The Kier molecular flexibility index (Phi) is 8.53. The number of esters is 1. The molecule has 8 nitrogen and oxygen atoms in total. The molecule has 3 aromatic rings. The molecule has 5 rings (SSSR count). The summed E-state index contributed by atoms with van der Waals surface area (Å²) in [4.78, 5) is 32.1. The molecule has 0 spiro atoms. The van der Waals surface area contributed by atoms with Crippen molar-refractivity contribution < 1.29 is 9.53 Å². The maximum Gasteiger partial charge on any atom is 0.327 e. The number of aromatic nitrogens is 3. The minimum atomic E-state index is -0.408. The second-order valence-corrected chi connectivity index (χ2v) is 10.8. The van der Waals surface area contributed by atoms with Gasteiger partial charge in [0, 0.05) is 74.0 Å². The zero-order valence-corrected chi connectivity index (χ0v) is 23.3. The number of ether oxygens (including phenoxy) is 1. The van der Waals surface area contributed by atoms with Crippen LogP contribution < -0.4 is 4.90 Å². The molecule has 202 valence electrons. The number of hydrogen-bond donors (Lipinski definition) is 1. The molecule has 1 unspecified atom stereocenters. The van der Waals surface area contributed by atoms with Crippen LogP contribution in [0.25, 0.3) is 11.4 Å². The van der Waals surface area contributed by atoms with Crippen LogP contribution in [0.2, 0.25) is 10.0 Å². The van der Waals surface area contributed by atoms with E-state index in [1.807, 2.05) is 36.5 Å². The number of aromatic amines is 1. The van der Waals surface area contributed by atoms with E-state index in [9.17, 15) is 4.79 Å². The summed E-state index contributed by atoms with van der Waals surface area (Å²) in [6.45, 7) is 6.65. The SMILES string of the molecule is CC[C@H]1CN(c2ncc(-c3ncc[nH]3)cc2Cl)CCN1C1CCN(C(C(=O)OC)c2ccc(Cl)cc2)CC1. The number of hydrogen-bond acceptors (Lipinski definition) is 7. The number of nitrogens with one attached hydrogen (secondary N) is 1. The first-order valence-electron chi connectivity index (χ1n) is 13.2. The first-order valence-corrected chi connectivity index (χ1v) is 14.0. The standard InChI is InChI=1S/C28H34Cl2N6O2/c1-3-22-18-35(27-24(30)16-20(17-33-27)26-31-10-11-32-26)14-15-36(22)23-8-12-34(13-9-23)25(28(37)38-2)19-4-6-21(29)7-5-19/h4-7,10-11,16-17,22-23,25H,3,8-9,12-15,18H2,1-2H3,(H,31,32)/t22-,25?/m0/s1. The molecule has 0 saturated carbocycles. The molecule has 2 saturated heterocycles. The third-order valence-electron chi connectivity index (χ3n) is 7.84. The minimum Gasteiger partial charge on any atom is -0.468 e. The van der Waals surface area contributed by atoms with E-state index in [0.29, 0.717) is 22.1 Å². The van der Waals surface area contributed by atoms with Crippen LogP contribution in [0.1, 0.15) is 37.8 Å². The van der Waals surface area contributed by atoms with Gasteiger partial charge >= 0.3 is 5.97 Å². The third-order valence-corrected chi connectivity index (χ3v) is 8.37. The van der Waals surface area contributed by atoms with Crippen LogP contribution in [0.3, 0.4) is 0 Å². The average Bonchev–Trinajstić information content (AvgIpc) is 3.49. The fraction of sp³-hybridized carbons (Fsp3) is 0.464. The van der Waals surface area contributed by atoms with Gasteiger partial charge in [0.2, 0.25) is 0 Å². The van der Waals surface area contributed by atoms with Crippen LogP contribution in [0.5, 0.6) is 0 Å². The third kappa shape index (κ3) is 5.69. The van der Waals surface area contributed by atoms with E-state index in [1.54, 1.807) is 12.4 Å². The second kappa shape index (κ2) is 12.0. The number of likely N-dealkylation sites (tertiary alicyclic amines) is 1. The highest BCUT2D eigenvalue weighted by atomic mass is 35.5. The van der Waals surface area contributed by atoms with Gasteiger partial charge in [-0.2, -0.15) is 0 Å². The molecule has 10 heteroatoms. The number of methoxy groups -OCH3 is 1. The van der Waals surface area contributed by atoms with Crippen molar-refractivity contribution in [2.75, 3.05) is 44.7 Å². The lowest BCUT2D eigenvalue weighted by molar-refractivity contribution is -0.148. The Labute approximate surface area is 233 Å². The normalized spacial score (nSPS) is 20.4. The molecule has 2 aliphatic heterocycles. The summed E-state index contributed by atoms with van der Waals surface area (Å²) in [5.41, 5.74) is 1.80. The molecule has 2 aromatic heterocycles. The van der Waals surface area contributed by atoms with Crippen molar-refractivity contribution in [3.8, 4) is 11.4 Å². The predicted molar refractivity (Wildman–Crippen MR) is 151 cm³/mol. The molecule has 0 bridgehead atoms. The number of halogens is 2. The van der Waals surface area contributed by atoms with Gasteiger partial charge in [0.1, 0.15) is 17.7 Å². The van der Waals surface area contributed by atoms with E-state index >= 15 is 0 Å². The number of benzene rings is 1. The molecule has 0 amide bonds. The maximum atomic E-state index is 12.7. The van der Waals surface area contributed by atoms with Crippen LogP contribution in [0.4, 0.5) is 5.82 Å². The molecule has 1 aromatic carbocycles. The molecular weight excluding hydrogens is 523 g/mol. The van der Waals surface area contributed by atoms with Crippen molar-refractivity contribution >= 4 is 35.0 Å². The number of rotatable bonds is 7. The van der Waals surface area contributed by atoms with Crippen molar-refractivity contribution in [3.05, 3.63) is 64.5 Å². The largest absolute Gasteiger partial charge is 0.468 e. The lowest BCUT2D eigenvalue weighted by Gasteiger charge is -2.48. The quantitative estimate of drug-likeness (QED) is 0.407. The van der Waals surface area contributed by atoms with Gasteiger partial charge in [-0.25, -0.2) is 14.8 Å². The summed E-state index contributed by atoms with van der Waals surface area (Å²) in [6, 6.07) is 9.92. The Bertz CT molecular complexity index is 1210. The predicted octanol–water partition coefficient (Wildman–Crippen LogP) is 5.06. The second-order valence-electron chi connectivity index (χ2n) is 9.96. The van der Waals surface area contributed by atoms with Gasteiger partial charge in [-0.3, -0.25) is 9.80 Å². The topological polar surface area (TPSA) is 77.6 Å². The molecule has 2 aliphatic rings. The van der Waals surface area contributed by atoms with Gasteiger partial charge in [-0.05, 0) is 43.0 Å². The number of imidazole rings is 1. The highest BCUT2D eigenvalue weighted by molar-refractivity contribution is 6.33. The van der Waals surface area contributed by atoms with Crippen LogP contribution in [-0.4, -0.2) is 82.6 Å². The number of piperidine rings is 1. The van der Waals surface area contributed by atoms with Gasteiger partial charge in [0.25, 0.3) is 0 Å². The van der Waals surface area contributed by atoms with Gasteiger partial charge in [0.05, 0.1) is 12.1 Å². The van der Waals surface area contributed by atoms with E-state index < -0.39 is 6.04 Å². The van der Waals surface area contributed by atoms with E-state index in [4.69, 9.17) is 32.9 Å². The maximum absolute atomic E-state index is 12.7. The number of piperazine rings is 1. The lowest BCUT2D eigenvalue weighted by atomic mass is 9.95. The van der Waals surface area contributed by atoms with E-state index in [2.05, 4.69) is 31.6 Å². The Hall–Kier alpha value is -2.65. The van der Waals surface area contributed by atoms with Gasteiger partial charge < -0.3 is 14.6 Å². The number of nitrogens with zero attached hydrogens (tertiary/aromatic N) is 5. The van der Waals surface area contributed by atoms with E-state index in [-0.39, 0.29) is 5.97 Å². The van der Waals surface area contributed by atoms with Gasteiger partial charge in [-0.15, -0.1) is 0 Å². The Morgan fingerprint density at radius 1 is 1.13 bits per heavy atom. The zero-order valence-electron chi connectivity index (χ0n) is 21.8. The average molecular weight is 558 g/mol. The molecule has 4 heterocycles. The summed E-state index contributed by atoms with van der Waals surface area (Å²) in [6.07, 6.45) is 8.42. The first kappa shape index (κ1) is 26.9. The lowest BCUT2D eigenvalue weighted by Crippen LogP contribution is -2.58. The van der Waals surface area contributed by atoms with Gasteiger partial charge in [0.15, 0.2) is 0 Å². The summed E-state index contributed by atoms with van der Waals surface area (Å²) >= 11 is 12.8. The van der Waals surface area contributed by atoms with Gasteiger partial charge in [-0.1, -0.05) is 42.3 Å². The summed E-state index contributed by atoms with van der Waals surface area (Å²) < 4.78 is 5.17. The number of H-pyrrole nitrogens is 1. The molecular formula is C28H34Cl2N6O2. The highest BCUT2D eigenvalue weighted by Gasteiger charge is 2.37. The van der Waals surface area contributed by atoms with Crippen LogP contribution in [-0.2, 0) is 9.53 Å². The minimum absolute atomic E-state index is 0.228. The van der Waals surface area contributed by atoms with E-state index in [0.717, 1.165) is 74.8 Å². The summed E-state index contributed by atoms with van der Waals surface area (Å²) in [7, 11) is 1.45. The zero-order chi connectivity index (χ0) is 26.6. The summed E-state index contributed by atoms with van der Waals surface area (Å²) in [5, 5.41) is 1.30. The highest BCUT2D eigenvalue weighted by Crippen LogP contribution is 2.33. The van der Waals surface area contributed by atoms with Crippen molar-refractivity contribution in [2.24, 2.45) is 0 Å². The Morgan fingerprint density at radius 2 is 1.89 bits per heavy atom. The fourth-order valence-corrected chi connectivity index (χ4v) is 6.26. The van der Waals surface area contributed by atoms with Crippen LogP contribution in [0, 0.1) is 0 Å². The molecule has 0 aliphatic carbocycles. The van der Waals surface area contributed by atoms with Crippen molar-refractivity contribution in [1.82, 2.24) is 24.8 Å².